The van der Waals surface area contributed by atoms with Gasteiger partial charge >= 0.3 is 6.18 Å². The number of alkyl halides is 3. The van der Waals surface area contributed by atoms with Crippen molar-refractivity contribution in [3.8, 4) is 11.5 Å². The minimum atomic E-state index is -4.99. The molecule has 1 heterocycles. The number of ether oxygens (including phenoxy) is 2. The Morgan fingerprint density at radius 1 is 1.00 bits per heavy atom. The van der Waals surface area contributed by atoms with Crippen LogP contribution in [0.3, 0.4) is 0 Å². The maximum Gasteiger partial charge on any atom is 0.419 e. The largest absolute Gasteiger partial charge is 0.486 e. The molecule has 144 valence electrons. The highest BCUT2D eigenvalue weighted by atomic mass is 19.4. The van der Waals surface area contributed by atoms with Crippen LogP contribution in [0, 0.1) is 11.6 Å². The fraction of sp³-hybridized carbons (Fsp3) is 0.278. The lowest BCUT2D eigenvalue weighted by Gasteiger charge is -2.19. The molecular formula is C18H14F5NO3. The van der Waals surface area contributed by atoms with E-state index in [1.807, 2.05) is 0 Å². The fourth-order valence-corrected chi connectivity index (χ4v) is 2.59. The lowest BCUT2D eigenvalue weighted by molar-refractivity contribution is -0.140. The molecule has 27 heavy (non-hydrogen) atoms. The van der Waals surface area contributed by atoms with Crippen LogP contribution in [0.15, 0.2) is 30.3 Å². The van der Waals surface area contributed by atoms with Gasteiger partial charge in [-0.05, 0) is 30.2 Å². The summed E-state index contributed by atoms with van der Waals surface area (Å²) in [6, 6.07) is 6.06. The number of carbonyl (C=O) groups excluding carboxylic acids is 1. The zero-order valence-corrected chi connectivity index (χ0v) is 13.8. The number of carbonyl (C=O) groups is 1. The summed E-state index contributed by atoms with van der Waals surface area (Å²) in [5, 5.41) is 2.56. The van der Waals surface area contributed by atoms with E-state index in [9.17, 15) is 26.7 Å². The molecule has 0 fully saturated rings. The van der Waals surface area contributed by atoms with Gasteiger partial charge in [0.15, 0.2) is 23.1 Å². The van der Waals surface area contributed by atoms with E-state index in [1.165, 1.54) is 0 Å². The van der Waals surface area contributed by atoms with Crippen molar-refractivity contribution in [1.82, 2.24) is 0 Å². The molecule has 0 aromatic heterocycles. The van der Waals surface area contributed by atoms with E-state index in [-0.39, 0.29) is 18.4 Å². The first-order chi connectivity index (χ1) is 12.8. The van der Waals surface area contributed by atoms with Gasteiger partial charge in [0.1, 0.15) is 13.2 Å². The number of hydrogen-bond donors (Lipinski definition) is 1. The predicted octanol–water partition coefficient (Wildman–Crippen LogP) is 4.33. The normalized spacial score (nSPS) is 13.4. The number of benzene rings is 2. The molecule has 0 saturated carbocycles. The topological polar surface area (TPSA) is 47.6 Å². The summed E-state index contributed by atoms with van der Waals surface area (Å²) >= 11 is 0. The zero-order chi connectivity index (χ0) is 19.6. The SMILES string of the molecule is O=C(CCc1ccc(C(F)(F)F)c(F)c1F)Nc1ccc2c(c1)OCCO2. The first-order valence-corrected chi connectivity index (χ1v) is 7.99. The van der Waals surface area contributed by atoms with Crippen LogP contribution in [0.25, 0.3) is 0 Å². The summed E-state index contributed by atoms with van der Waals surface area (Å²) in [7, 11) is 0. The lowest BCUT2D eigenvalue weighted by Crippen LogP contribution is -2.17. The van der Waals surface area contributed by atoms with Crippen molar-refractivity contribution in [3.63, 3.8) is 0 Å². The average Bonchev–Trinajstić information content (AvgIpc) is 2.62. The molecule has 1 amide bonds. The summed E-state index contributed by atoms with van der Waals surface area (Å²) < 4.78 is 75.8. The molecule has 1 aliphatic heterocycles. The van der Waals surface area contributed by atoms with Crippen molar-refractivity contribution in [2.45, 2.75) is 19.0 Å². The number of nitrogens with one attached hydrogen (secondary N) is 1. The molecule has 0 atom stereocenters. The van der Waals surface area contributed by atoms with Gasteiger partial charge in [0, 0.05) is 18.2 Å². The molecule has 3 rings (SSSR count). The third-order valence-electron chi connectivity index (χ3n) is 3.92. The van der Waals surface area contributed by atoms with Crippen LogP contribution >= 0.6 is 0 Å². The molecular weight excluding hydrogens is 373 g/mol. The molecule has 0 spiro atoms. The quantitative estimate of drug-likeness (QED) is 0.795. The van der Waals surface area contributed by atoms with Crippen molar-refractivity contribution in [2.75, 3.05) is 18.5 Å². The van der Waals surface area contributed by atoms with Crippen LogP contribution in [-0.2, 0) is 17.4 Å². The predicted molar refractivity (Wildman–Crippen MR) is 85.7 cm³/mol. The van der Waals surface area contributed by atoms with Crippen LogP contribution in [0.4, 0.5) is 27.6 Å². The van der Waals surface area contributed by atoms with Gasteiger partial charge in [0.05, 0.1) is 5.56 Å². The molecule has 0 unspecified atom stereocenters. The van der Waals surface area contributed by atoms with Gasteiger partial charge in [-0.2, -0.15) is 13.2 Å². The van der Waals surface area contributed by atoms with Crippen molar-refractivity contribution < 1.29 is 36.2 Å². The Balaban J connectivity index is 1.63. The van der Waals surface area contributed by atoms with E-state index in [0.717, 1.165) is 6.07 Å². The molecule has 1 N–H and O–H groups in total. The number of hydrogen-bond acceptors (Lipinski definition) is 3. The van der Waals surface area contributed by atoms with Crippen molar-refractivity contribution in [3.05, 3.63) is 53.1 Å². The maximum absolute atomic E-state index is 13.8. The Bertz CT molecular complexity index is 867. The van der Waals surface area contributed by atoms with E-state index < -0.39 is 29.3 Å². The molecule has 0 radical (unpaired) electrons. The molecule has 9 heteroatoms. The van der Waals surface area contributed by atoms with Crippen LogP contribution in [0.1, 0.15) is 17.5 Å². The zero-order valence-electron chi connectivity index (χ0n) is 13.8. The Labute approximate surface area is 150 Å². The van der Waals surface area contributed by atoms with Gasteiger partial charge in [-0.25, -0.2) is 8.78 Å². The Morgan fingerprint density at radius 2 is 1.70 bits per heavy atom. The van der Waals surface area contributed by atoms with Crippen LogP contribution in [0.5, 0.6) is 11.5 Å². The highest BCUT2D eigenvalue weighted by Gasteiger charge is 2.35. The van der Waals surface area contributed by atoms with Gasteiger partial charge in [-0.3, -0.25) is 4.79 Å². The van der Waals surface area contributed by atoms with Crippen LogP contribution in [-0.4, -0.2) is 19.1 Å². The average molecular weight is 387 g/mol. The third kappa shape index (κ3) is 4.29. The molecule has 1 aliphatic rings. The van der Waals surface area contributed by atoms with E-state index in [1.54, 1.807) is 18.2 Å². The van der Waals surface area contributed by atoms with Gasteiger partial charge in [0.2, 0.25) is 5.91 Å². The fourth-order valence-electron chi connectivity index (χ4n) is 2.59. The van der Waals surface area contributed by atoms with Crippen molar-refractivity contribution >= 4 is 11.6 Å². The van der Waals surface area contributed by atoms with Crippen molar-refractivity contribution in [2.24, 2.45) is 0 Å². The smallest absolute Gasteiger partial charge is 0.419 e. The first-order valence-electron chi connectivity index (χ1n) is 7.99. The summed E-state index contributed by atoms with van der Waals surface area (Å²) in [5.74, 6) is -3.06. The Kier molecular flexibility index (Phi) is 5.20. The summed E-state index contributed by atoms with van der Waals surface area (Å²) in [6.45, 7) is 0.803. The summed E-state index contributed by atoms with van der Waals surface area (Å²) in [6.07, 6.45) is -5.48. The molecule has 2 aromatic carbocycles. The molecule has 0 saturated heterocycles. The number of amides is 1. The highest BCUT2D eigenvalue weighted by molar-refractivity contribution is 5.91. The van der Waals surface area contributed by atoms with E-state index in [0.29, 0.717) is 36.5 Å². The molecule has 0 aliphatic carbocycles. The van der Waals surface area contributed by atoms with Gasteiger partial charge in [-0.15, -0.1) is 0 Å². The van der Waals surface area contributed by atoms with E-state index in [4.69, 9.17) is 9.47 Å². The van der Waals surface area contributed by atoms with Gasteiger partial charge < -0.3 is 14.8 Å². The monoisotopic (exact) mass is 387 g/mol. The van der Waals surface area contributed by atoms with Crippen molar-refractivity contribution in [1.29, 1.82) is 0 Å². The minimum Gasteiger partial charge on any atom is -0.486 e. The minimum absolute atomic E-state index is 0.240. The molecule has 0 bridgehead atoms. The standard InChI is InChI=1S/C18H14F5NO3/c19-16-10(1-4-12(17(16)20)18(21,22)23)2-6-15(25)24-11-3-5-13-14(9-11)27-8-7-26-13/h1,3-5,9H,2,6-8H2,(H,24,25). The second-order valence-corrected chi connectivity index (χ2v) is 5.80. The summed E-state index contributed by atoms with van der Waals surface area (Å²) in [4.78, 5) is 12.0. The third-order valence-corrected chi connectivity index (χ3v) is 3.92. The second-order valence-electron chi connectivity index (χ2n) is 5.80. The molecule has 4 nitrogen and oxygen atoms in total. The van der Waals surface area contributed by atoms with Gasteiger partial charge in [-0.1, -0.05) is 6.07 Å². The number of fused-ring (bicyclic) bond motifs is 1. The van der Waals surface area contributed by atoms with Crippen LogP contribution in [0.2, 0.25) is 0 Å². The summed E-state index contributed by atoms with van der Waals surface area (Å²) in [5.41, 5.74) is -1.56. The molecule has 2 aromatic rings. The number of aryl methyl sites for hydroxylation is 1. The highest BCUT2D eigenvalue weighted by Crippen LogP contribution is 2.34. The van der Waals surface area contributed by atoms with E-state index in [2.05, 4.69) is 5.32 Å². The Morgan fingerprint density at radius 3 is 2.41 bits per heavy atom. The first kappa shape index (κ1) is 18.9. The number of halogens is 5. The Hall–Kier alpha value is -2.84. The maximum atomic E-state index is 13.8. The van der Waals surface area contributed by atoms with E-state index >= 15 is 0 Å². The number of rotatable bonds is 4. The van der Waals surface area contributed by atoms with Crippen LogP contribution < -0.4 is 14.8 Å². The second kappa shape index (κ2) is 7.42. The lowest BCUT2D eigenvalue weighted by atomic mass is 10.0. The van der Waals surface area contributed by atoms with Gasteiger partial charge in [0.25, 0.3) is 0 Å². The number of anilines is 1.